The van der Waals surface area contributed by atoms with Crippen LogP contribution in [0.4, 0.5) is 0 Å². The summed E-state index contributed by atoms with van der Waals surface area (Å²) in [6.45, 7) is 5.25. The zero-order valence-electron chi connectivity index (χ0n) is 10.5. The van der Waals surface area contributed by atoms with E-state index in [-0.39, 0.29) is 0 Å². The van der Waals surface area contributed by atoms with Crippen LogP contribution in [0.15, 0.2) is 5.51 Å². The van der Waals surface area contributed by atoms with Crippen molar-refractivity contribution in [1.29, 1.82) is 0 Å². The first-order valence-electron chi connectivity index (χ1n) is 6.53. The van der Waals surface area contributed by atoms with Crippen LogP contribution in [0.5, 0.6) is 0 Å². The summed E-state index contributed by atoms with van der Waals surface area (Å²) in [7, 11) is 0. The summed E-state index contributed by atoms with van der Waals surface area (Å²) < 4.78 is 5.86. The molecule has 1 aliphatic heterocycles. The normalized spacial score (nSPS) is 30.7. The minimum atomic E-state index is 0.399. The average molecular weight is 252 g/mol. The van der Waals surface area contributed by atoms with E-state index in [1.54, 1.807) is 11.3 Å². The molecule has 3 nitrogen and oxygen atoms in total. The van der Waals surface area contributed by atoms with Gasteiger partial charge in [0.2, 0.25) is 0 Å². The zero-order chi connectivity index (χ0) is 11.8. The maximum Gasteiger partial charge on any atom is 0.0798 e. The van der Waals surface area contributed by atoms with Gasteiger partial charge in [-0.05, 0) is 39.0 Å². The highest BCUT2D eigenvalue weighted by Gasteiger charge is 2.41. The number of rotatable bonds is 4. The Kier molecular flexibility index (Phi) is 3.19. The summed E-state index contributed by atoms with van der Waals surface area (Å²) in [4.78, 5) is 5.69. The molecule has 3 atom stereocenters. The van der Waals surface area contributed by atoms with Crippen LogP contribution in [0.1, 0.15) is 42.8 Å². The first kappa shape index (κ1) is 11.6. The molecule has 1 N–H and O–H groups in total. The molecule has 1 saturated heterocycles. The summed E-state index contributed by atoms with van der Waals surface area (Å²) in [6, 6.07) is 0.939. The second-order valence-electron chi connectivity index (χ2n) is 5.26. The monoisotopic (exact) mass is 252 g/mol. The van der Waals surface area contributed by atoms with Gasteiger partial charge >= 0.3 is 0 Å². The van der Waals surface area contributed by atoms with Crippen molar-refractivity contribution < 1.29 is 4.74 Å². The Morgan fingerprint density at radius 2 is 2.29 bits per heavy atom. The standard InChI is InChI=1S/C13H20N2OS/c1-8-13(17-7-14-8)9(2)15-11-5-6-16-12(11)10-3-4-10/h7,9-12,15H,3-6H2,1-2H3. The molecular formula is C13H20N2OS. The van der Waals surface area contributed by atoms with Crippen molar-refractivity contribution in [3.8, 4) is 0 Å². The molecule has 2 fully saturated rings. The van der Waals surface area contributed by atoms with E-state index in [2.05, 4.69) is 24.1 Å². The van der Waals surface area contributed by atoms with Gasteiger partial charge in [0.25, 0.3) is 0 Å². The Morgan fingerprint density at radius 1 is 1.47 bits per heavy atom. The average Bonchev–Trinajstić information content (AvgIpc) is 2.89. The Morgan fingerprint density at radius 3 is 2.94 bits per heavy atom. The third kappa shape index (κ3) is 2.39. The molecule has 1 aromatic heterocycles. The Hall–Kier alpha value is -0.450. The molecule has 2 aliphatic rings. The van der Waals surface area contributed by atoms with Crippen molar-refractivity contribution in [2.75, 3.05) is 6.61 Å². The number of nitrogens with one attached hydrogen (secondary N) is 1. The lowest BCUT2D eigenvalue weighted by atomic mass is 10.0. The largest absolute Gasteiger partial charge is 0.376 e. The molecule has 1 aromatic rings. The predicted octanol–water partition coefficient (Wildman–Crippen LogP) is 2.67. The van der Waals surface area contributed by atoms with Gasteiger partial charge in [0, 0.05) is 23.6 Å². The topological polar surface area (TPSA) is 34.2 Å². The maximum atomic E-state index is 5.86. The van der Waals surface area contributed by atoms with E-state index in [0.717, 1.165) is 24.6 Å². The third-order valence-corrected chi connectivity index (χ3v) is 4.98. The molecule has 0 spiro atoms. The van der Waals surface area contributed by atoms with Crippen LogP contribution in [0, 0.1) is 12.8 Å². The second-order valence-corrected chi connectivity index (χ2v) is 6.14. The molecule has 0 radical (unpaired) electrons. The van der Waals surface area contributed by atoms with E-state index < -0.39 is 0 Å². The molecule has 0 amide bonds. The fraction of sp³-hybridized carbons (Fsp3) is 0.769. The van der Waals surface area contributed by atoms with E-state index in [0.29, 0.717) is 18.2 Å². The van der Waals surface area contributed by atoms with Gasteiger partial charge in [-0.2, -0.15) is 0 Å². The van der Waals surface area contributed by atoms with Crippen LogP contribution in [0.25, 0.3) is 0 Å². The van der Waals surface area contributed by atoms with Gasteiger partial charge in [-0.15, -0.1) is 11.3 Å². The van der Waals surface area contributed by atoms with E-state index in [4.69, 9.17) is 4.74 Å². The van der Waals surface area contributed by atoms with Crippen molar-refractivity contribution in [1.82, 2.24) is 10.3 Å². The molecule has 94 valence electrons. The Labute approximate surface area is 107 Å². The molecule has 0 aromatic carbocycles. The third-order valence-electron chi connectivity index (χ3n) is 3.86. The first-order valence-corrected chi connectivity index (χ1v) is 7.41. The lowest BCUT2D eigenvalue weighted by Crippen LogP contribution is -2.39. The molecule has 4 heteroatoms. The number of thiazole rings is 1. The minimum Gasteiger partial charge on any atom is -0.376 e. The highest BCUT2D eigenvalue weighted by atomic mass is 32.1. The molecule has 2 heterocycles. The molecule has 1 saturated carbocycles. The van der Waals surface area contributed by atoms with Crippen LogP contribution in [-0.2, 0) is 4.74 Å². The van der Waals surface area contributed by atoms with Crippen molar-refractivity contribution in [2.45, 2.75) is 51.3 Å². The maximum absolute atomic E-state index is 5.86. The van der Waals surface area contributed by atoms with Gasteiger partial charge in [0.05, 0.1) is 17.3 Å². The highest BCUT2D eigenvalue weighted by Crippen LogP contribution is 2.39. The van der Waals surface area contributed by atoms with E-state index >= 15 is 0 Å². The van der Waals surface area contributed by atoms with Gasteiger partial charge in [-0.3, -0.25) is 0 Å². The van der Waals surface area contributed by atoms with Crippen molar-refractivity contribution in [3.05, 3.63) is 16.1 Å². The van der Waals surface area contributed by atoms with Crippen LogP contribution >= 0.6 is 11.3 Å². The minimum absolute atomic E-state index is 0.399. The predicted molar refractivity (Wildman–Crippen MR) is 69.3 cm³/mol. The number of aromatic nitrogens is 1. The Balaban J connectivity index is 1.64. The second kappa shape index (κ2) is 4.67. The number of nitrogens with zero attached hydrogens (tertiary/aromatic N) is 1. The molecule has 3 unspecified atom stereocenters. The van der Waals surface area contributed by atoms with Gasteiger partial charge in [-0.1, -0.05) is 0 Å². The van der Waals surface area contributed by atoms with Crippen LogP contribution in [0.3, 0.4) is 0 Å². The summed E-state index contributed by atoms with van der Waals surface area (Å²) >= 11 is 1.75. The van der Waals surface area contributed by atoms with Crippen LogP contribution < -0.4 is 5.32 Å². The number of hydrogen-bond acceptors (Lipinski definition) is 4. The highest BCUT2D eigenvalue weighted by molar-refractivity contribution is 7.09. The lowest BCUT2D eigenvalue weighted by molar-refractivity contribution is 0.0793. The first-order chi connectivity index (χ1) is 8.25. The molecule has 3 rings (SSSR count). The Bertz CT molecular complexity index is 389. The zero-order valence-corrected chi connectivity index (χ0v) is 11.3. The van der Waals surface area contributed by atoms with Gasteiger partial charge in [0.1, 0.15) is 0 Å². The number of ether oxygens (including phenoxy) is 1. The van der Waals surface area contributed by atoms with Gasteiger partial charge < -0.3 is 10.1 Å². The SMILES string of the molecule is Cc1ncsc1C(C)NC1CCOC1C1CC1. The quantitative estimate of drug-likeness (QED) is 0.894. The smallest absolute Gasteiger partial charge is 0.0798 e. The fourth-order valence-electron chi connectivity index (χ4n) is 2.80. The van der Waals surface area contributed by atoms with E-state index in [1.165, 1.54) is 17.7 Å². The molecule has 1 aliphatic carbocycles. The van der Waals surface area contributed by atoms with E-state index in [1.807, 2.05) is 5.51 Å². The number of aryl methyl sites for hydroxylation is 1. The molecule has 17 heavy (non-hydrogen) atoms. The van der Waals surface area contributed by atoms with Gasteiger partial charge in [-0.25, -0.2) is 4.98 Å². The lowest BCUT2D eigenvalue weighted by Gasteiger charge is -2.23. The molecule has 0 bridgehead atoms. The van der Waals surface area contributed by atoms with Gasteiger partial charge in [0.15, 0.2) is 0 Å². The van der Waals surface area contributed by atoms with Crippen LogP contribution in [-0.4, -0.2) is 23.7 Å². The number of hydrogen-bond donors (Lipinski definition) is 1. The summed E-state index contributed by atoms with van der Waals surface area (Å²) in [5.41, 5.74) is 3.10. The van der Waals surface area contributed by atoms with E-state index in [9.17, 15) is 0 Å². The van der Waals surface area contributed by atoms with Crippen molar-refractivity contribution in [2.24, 2.45) is 5.92 Å². The molecular weight excluding hydrogens is 232 g/mol. The van der Waals surface area contributed by atoms with Crippen molar-refractivity contribution >= 4 is 11.3 Å². The summed E-state index contributed by atoms with van der Waals surface area (Å²) in [6.07, 6.45) is 4.34. The summed E-state index contributed by atoms with van der Waals surface area (Å²) in [5.74, 6) is 0.824. The summed E-state index contributed by atoms with van der Waals surface area (Å²) in [5, 5.41) is 3.74. The fourth-order valence-corrected chi connectivity index (χ4v) is 3.62. The van der Waals surface area contributed by atoms with Crippen molar-refractivity contribution in [3.63, 3.8) is 0 Å². The van der Waals surface area contributed by atoms with Crippen LogP contribution in [0.2, 0.25) is 0 Å².